The molecule has 1 rings (SSSR count). The largest absolute Gasteiger partial charge is 0.317 e. The third-order valence-electron chi connectivity index (χ3n) is 3.06. The first kappa shape index (κ1) is 15.3. The highest BCUT2D eigenvalue weighted by atomic mass is 32.2. The van der Waals surface area contributed by atoms with Gasteiger partial charge in [0.1, 0.15) is 5.37 Å². The van der Waals surface area contributed by atoms with Crippen LogP contribution in [-0.4, -0.2) is 62.1 Å². The van der Waals surface area contributed by atoms with Crippen molar-refractivity contribution in [3.63, 3.8) is 0 Å². The summed E-state index contributed by atoms with van der Waals surface area (Å²) in [5.74, 6) is 2.04. The zero-order chi connectivity index (χ0) is 12.7. The summed E-state index contributed by atoms with van der Waals surface area (Å²) in [5.41, 5.74) is 0. The average molecular weight is 280 g/mol. The van der Waals surface area contributed by atoms with Gasteiger partial charge in [0.15, 0.2) is 9.84 Å². The van der Waals surface area contributed by atoms with E-state index >= 15 is 0 Å². The molecule has 0 aromatic heterocycles. The summed E-state index contributed by atoms with van der Waals surface area (Å²) in [5, 5.41) is 3.02. The molecule has 1 aliphatic heterocycles. The standard InChI is InChI=1S/C11H24N2O2S2/c1-3-12-6-5-7-13-8-9-16-10-11(13)17(14,15)4-2/h11-12H,3-10H2,1-2H3. The Hall–Kier alpha value is 0.220. The normalized spacial score (nSPS) is 22.8. The van der Waals surface area contributed by atoms with E-state index in [2.05, 4.69) is 17.1 Å². The maximum Gasteiger partial charge on any atom is 0.166 e. The van der Waals surface area contributed by atoms with E-state index in [0.717, 1.165) is 44.1 Å². The molecular weight excluding hydrogens is 256 g/mol. The Bertz CT molecular complexity index is 307. The Morgan fingerprint density at radius 3 is 2.82 bits per heavy atom. The number of nitrogens with zero attached hydrogens (tertiary/aromatic N) is 1. The van der Waals surface area contributed by atoms with Crippen molar-refractivity contribution in [1.82, 2.24) is 10.2 Å². The van der Waals surface area contributed by atoms with E-state index in [-0.39, 0.29) is 11.1 Å². The molecule has 0 spiro atoms. The molecule has 0 aromatic rings. The van der Waals surface area contributed by atoms with Crippen LogP contribution in [0.3, 0.4) is 0 Å². The fourth-order valence-corrected chi connectivity index (χ4v) is 5.09. The predicted molar refractivity (Wildman–Crippen MR) is 75.3 cm³/mol. The maximum absolute atomic E-state index is 12.0. The van der Waals surface area contributed by atoms with Gasteiger partial charge in [-0.25, -0.2) is 8.42 Å². The molecule has 0 saturated carbocycles. The van der Waals surface area contributed by atoms with Crippen LogP contribution in [-0.2, 0) is 9.84 Å². The summed E-state index contributed by atoms with van der Waals surface area (Å²) in [6, 6.07) is 0. The Kier molecular flexibility index (Phi) is 6.84. The minimum atomic E-state index is -2.93. The molecule has 0 radical (unpaired) electrons. The highest BCUT2D eigenvalue weighted by Gasteiger charge is 2.32. The molecule has 0 aliphatic carbocycles. The molecule has 0 amide bonds. The summed E-state index contributed by atoms with van der Waals surface area (Å²) >= 11 is 1.76. The molecule has 1 heterocycles. The Labute approximate surface area is 109 Å². The highest BCUT2D eigenvalue weighted by Crippen LogP contribution is 2.21. The van der Waals surface area contributed by atoms with Crippen molar-refractivity contribution in [3.8, 4) is 0 Å². The van der Waals surface area contributed by atoms with Crippen LogP contribution in [0.5, 0.6) is 0 Å². The molecule has 1 N–H and O–H groups in total. The first-order valence-electron chi connectivity index (χ1n) is 6.36. The van der Waals surface area contributed by atoms with E-state index in [0.29, 0.717) is 0 Å². The van der Waals surface area contributed by atoms with Gasteiger partial charge in [0, 0.05) is 30.3 Å². The van der Waals surface area contributed by atoms with Gasteiger partial charge in [-0.15, -0.1) is 0 Å². The number of rotatable bonds is 7. The zero-order valence-electron chi connectivity index (χ0n) is 10.8. The summed E-state index contributed by atoms with van der Waals surface area (Å²) in [7, 11) is -2.93. The lowest BCUT2D eigenvalue weighted by Crippen LogP contribution is -2.48. The van der Waals surface area contributed by atoms with Crippen LogP contribution in [0.25, 0.3) is 0 Å². The fraction of sp³-hybridized carbons (Fsp3) is 1.00. The molecule has 1 atom stereocenters. The van der Waals surface area contributed by atoms with Crippen LogP contribution >= 0.6 is 11.8 Å². The van der Waals surface area contributed by atoms with E-state index < -0.39 is 9.84 Å². The topological polar surface area (TPSA) is 49.4 Å². The van der Waals surface area contributed by atoms with E-state index in [9.17, 15) is 8.42 Å². The molecule has 1 fully saturated rings. The second kappa shape index (κ2) is 7.61. The lowest BCUT2D eigenvalue weighted by atomic mass is 10.3. The minimum Gasteiger partial charge on any atom is -0.317 e. The van der Waals surface area contributed by atoms with E-state index in [1.54, 1.807) is 18.7 Å². The number of hydrogen-bond acceptors (Lipinski definition) is 5. The average Bonchev–Trinajstić information content (AvgIpc) is 2.35. The smallest absolute Gasteiger partial charge is 0.166 e. The van der Waals surface area contributed by atoms with Gasteiger partial charge >= 0.3 is 0 Å². The third kappa shape index (κ3) is 4.77. The number of sulfone groups is 1. The van der Waals surface area contributed by atoms with Crippen LogP contribution in [0.15, 0.2) is 0 Å². The van der Waals surface area contributed by atoms with Gasteiger partial charge in [-0.3, -0.25) is 4.90 Å². The number of nitrogens with one attached hydrogen (secondary N) is 1. The molecule has 0 aromatic carbocycles. The lowest BCUT2D eigenvalue weighted by molar-refractivity contribution is 0.266. The van der Waals surface area contributed by atoms with Gasteiger partial charge in [-0.05, 0) is 19.5 Å². The summed E-state index contributed by atoms with van der Waals surface area (Å²) in [6.45, 7) is 7.57. The molecule has 1 aliphatic rings. The molecule has 6 heteroatoms. The maximum atomic E-state index is 12.0. The van der Waals surface area contributed by atoms with Crippen LogP contribution in [0.1, 0.15) is 20.3 Å². The van der Waals surface area contributed by atoms with E-state index in [1.807, 2.05) is 0 Å². The van der Waals surface area contributed by atoms with Crippen molar-refractivity contribution in [2.75, 3.05) is 43.4 Å². The summed E-state index contributed by atoms with van der Waals surface area (Å²) < 4.78 is 24.0. The van der Waals surface area contributed by atoms with Gasteiger partial charge in [0.2, 0.25) is 0 Å². The molecular formula is C11H24N2O2S2. The second-order valence-corrected chi connectivity index (χ2v) is 7.82. The third-order valence-corrected chi connectivity index (χ3v) is 6.39. The van der Waals surface area contributed by atoms with Crippen molar-refractivity contribution < 1.29 is 8.42 Å². The van der Waals surface area contributed by atoms with Gasteiger partial charge in [0.25, 0.3) is 0 Å². The van der Waals surface area contributed by atoms with E-state index in [1.165, 1.54) is 0 Å². The molecule has 102 valence electrons. The van der Waals surface area contributed by atoms with Gasteiger partial charge in [0.05, 0.1) is 0 Å². The van der Waals surface area contributed by atoms with Crippen LogP contribution in [0.4, 0.5) is 0 Å². The predicted octanol–water partition coefficient (Wildman–Crippen LogP) is 0.796. The molecule has 17 heavy (non-hydrogen) atoms. The Morgan fingerprint density at radius 2 is 2.18 bits per heavy atom. The van der Waals surface area contributed by atoms with Crippen molar-refractivity contribution in [2.45, 2.75) is 25.6 Å². The second-order valence-electron chi connectivity index (χ2n) is 4.22. The van der Waals surface area contributed by atoms with E-state index in [4.69, 9.17) is 0 Å². The van der Waals surface area contributed by atoms with Gasteiger partial charge in [-0.1, -0.05) is 13.8 Å². The first-order chi connectivity index (χ1) is 8.11. The van der Waals surface area contributed by atoms with Crippen molar-refractivity contribution in [2.24, 2.45) is 0 Å². The van der Waals surface area contributed by atoms with Crippen LogP contribution in [0.2, 0.25) is 0 Å². The number of hydrogen-bond donors (Lipinski definition) is 1. The summed E-state index contributed by atoms with van der Waals surface area (Å²) in [4.78, 5) is 2.15. The SMILES string of the molecule is CCNCCCN1CCSCC1S(=O)(=O)CC. The highest BCUT2D eigenvalue weighted by molar-refractivity contribution is 8.01. The Balaban J connectivity index is 2.49. The first-order valence-corrected chi connectivity index (χ1v) is 9.23. The van der Waals surface area contributed by atoms with Gasteiger partial charge in [-0.2, -0.15) is 11.8 Å². The van der Waals surface area contributed by atoms with Crippen LogP contribution in [0, 0.1) is 0 Å². The van der Waals surface area contributed by atoms with Crippen molar-refractivity contribution >= 4 is 21.6 Å². The van der Waals surface area contributed by atoms with Gasteiger partial charge < -0.3 is 5.32 Å². The molecule has 1 saturated heterocycles. The molecule has 1 unspecified atom stereocenters. The van der Waals surface area contributed by atoms with Crippen molar-refractivity contribution in [1.29, 1.82) is 0 Å². The zero-order valence-corrected chi connectivity index (χ0v) is 12.4. The minimum absolute atomic E-state index is 0.252. The fourth-order valence-electron chi connectivity index (χ4n) is 1.98. The Morgan fingerprint density at radius 1 is 1.41 bits per heavy atom. The molecule has 4 nitrogen and oxygen atoms in total. The summed E-state index contributed by atoms with van der Waals surface area (Å²) in [6.07, 6.45) is 1.02. The quantitative estimate of drug-likeness (QED) is 0.699. The van der Waals surface area contributed by atoms with Crippen LogP contribution < -0.4 is 5.32 Å². The van der Waals surface area contributed by atoms with Crippen molar-refractivity contribution in [3.05, 3.63) is 0 Å². The monoisotopic (exact) mass is 280 g/mol. The lowest BCUT2D eigenvalue weighted by Gasteiger charge is -2.34. The molecule has 0 bridgehead atoms. The number of thioether (sulfide) groups is 1.